The van der Waals surface area contributed by atoms with Gasteiger partial charge in [-0.1, -0.05) is 58.2 Å². The van der Waals surface area contributed by atoms with Crippen LogP contribution in [0.1, 0.15) is 198 Å². The van der Waals surface area contributed by atoms with Gasteiger partial charge in [-0.2, -0.15) is 0 Å². The van der Waals surface area contributed by atoms with Gasteiger partial charge in [-0.15, -0.1) is 0 Å². The highest BCUT2D eigenvalue weighted by molar-refractivity contribution is 5.07. The van der Waals surface area contributed by atoms with Crippen molar-refractivity contribution in [2.45, 2.75) is 220 Å². The number of hydrogen-bond acceptors (Lipinski definition) is 5. The van der Waals surface area contributed by atoms with E-state index in [0.717, 1.165) is 89.9 Å². The predicted molar refractivity (Wildman–Crippen MR) is 216 cm³/mol. The fraction of sp³-hybridized carbons (Fsp3) is 0.778. The fourth-order valence-corrected chi connectivity index (χ4v) is 6.67. The Labute approximate surface area is 309 Å². The Hall–Kier alpha value is -1.50. The van der Waals surface area contributed by atoms with E-state index in [1.807, 2.05) is 33.8 Å². The Morgan fingerprint density at radius 2 is 0.680 bits per heavy atom. The van der Waals surface area contributed by atoms with Crippen LogP contribution in [0.3, 0.4) is 0 Å². The van der Waals surface area contributed by atoms with Gasteiger partial charge in [0.05, 0.1) is 29.0 Å². The highest BCUT2D eigenvalue weighted by Gasteiger charge is 2.27. The van der Waals surface area contributed by atoms with E-state index >= 15 is 0 Å². The van der Waals surface area contributed by atoms with Gasteiger partial charge in [-0.25, -0.2) is 0 Å². The van der Waals surface area contributed by atoms with Crippen LogP contribution in [0.15, 0.2) is 58.2 Å². The number of aliphatic hydroxyl groups is 5. The minimum atomic E-state index is -0.805. The van der Waals surface area contributed by atoms with Crippen LogP contribution in [0.2, 0.25) is 0 Å². The molecule has 0 spiro atoms. The lowest BCUT2D eigenvalue weighted by Gasteiger charge is -2.30. The molecular formula is C45H82O5. The summed E-state index contributed by atoms with van der Waals surface area (Å²) in [7, 11) is 0. The first-order chi connectivity index (χ1) is 23.2. The zero-order valence-electron chi connectivity index (χ0n) is 34.5. The lowest BCUT2D eigenvalue weighted by atomic mass is 9.84. The summed E-state index contributed by atoms with van der Waals surface area (Å²) in [5, 5.41) is 52.5. The molecule has 5 N–H and O–H groups in total. The van der Waals surface area contributed by atoms with Crippen molar-refractivity contribution in [2.24, 2.45) is 0 Å². The fourth-order valence-electron chi connectivity index (χ4n) is 6.67. The minimum absolute atomic E-state index is 0.128. The molecule has 292 valence electrons. The second-order valence-corrected chi connectivity index (χ2v) is 17.2. The third kappa shape index (κ3) is 29.1. The lowest BCUT2D eigenvalue weighted by molar-refractivity contribution is -0.00312. The molecule has 4 atom stereocenters. The average Bonchev–Trinajstić information content (AvgIpc) is 2.96. The van der Waals surface area contributed by atoms with Crippen LogP contribution < -0.4 is 0 Å². The molecule has 0 unspecified atom stereocenters. The maximum absolute atomic E-state index is 11.0. The van der Waals surface area contributed by atoms with Crippen LogP contribution in [0.4, 0.5) is 0 Å². The normalized spacial score (nSPS) is 18.3. The highest BCUT2D eigenvalue weighted by Crippen LogP contribution is 2.30. The molecular weight excluding hydrogens is 620 g/mol. The Bertz CT molecular complexity index is 1060. The molecule has 0 heterocycles. The molecule has 50 heavy (non-hydrogen) atoms. The number of allylic oxidation sites excluding steroid dienone is 9. The molecule has 0 saturated heterocycles. The van der Waals surface area contributed by atoms with E-state index < -0.39 is 22.4 Å². The first kappa shape index (κ1) is 48.5. The van der Waals surface area contributed by atoms with Crippen LogP contribution in [0, 0.1) is 0 Å². The number of aliphatic hydroxyl groups excluding tert-OH is 1. The monoisotopic (exact) mass is 703 g/mol. The van der Waals surface area contributed by atoms with Crippen molar-refractivity contribution < 1.29 is 25.5 Å². The number of hydrogen-bond donors (Lipinski definition) is 5. The molecule has 0 aromatic carbocycles. The van der Waals surface area contributed by atoms with Crippen LogP contribution >= 0.6 is 0 Å². The maximum Gasteiger partial charge on any atom is 0.0622 e. The van der Waals surface area contributed by atoms with Crippen molar-refractivity contribution in [1.29, 1.82) is 0 Å². The van der Waals surface area contributed by atoms with Crippen molar-refractivity contribution in [3.63, 3.8) is 0 Å². The van der Waals surface area contributed by atoms with Gasteiger partial charge in [0.15, 0.2) is 0 Å². The van der Waals surface area contributed by atoms with Gasteiger partial charge in [0.1, 0.15) is 0 Å². The third-order valence-electron chi connectivity index (χ3n) is 10.3. The van der Waals surface area contributed by atoms with Gasteiger partial charge in [-0.3, -0.25) is 0 Å². The van der Waals surface area contributed by atoms with Crippen molar-refractivity contribution >= 4 is 0 Å². The van der Waals surface area contributed by atoms with Crippen molar-refractivity contribution in [3.05, 3.63) is 58.2 Å². The van der Waals surface area contributed by atoms with Crippen LogP contribution in [0.25, 0.3) is 0 Å². The molecule has 5 heteroatoms. The molecule has 0 rings (SSSR count). The molecule has 0 fully saturated rings. The second kappa shape index (κ2) is 25.5. The van der Waals surface area contributed by atoms with Gasteiger partial charge in [-0.05, 0) is 198 Å². The molecule has 0 saturated carbocycles. The molecule has 0 amide bonds. The van der Waals surface area contributed by atoms with E-state index in [-0.39, 0.29) is 6.61 Å². The molecule has 0 bridgehead atoms. The topological polar surface area (TPSA) is 101 Å². The maximum atomic E-state index is 11.0. The summed E-state index contributed by atoms with van der Waals surface area (Å²) in [6.45, 7) is 20.6. The van der Waals surface area contributed by atoms with E-state index in [1.165, 1.54) is 27.9 Å². The van der Waals surface area contributed by atoms with Gasteiger partial charge in [0, 0.05) is 0 Å². The molecule has 5 nitrogen and oxygen atoms in total. The molecule has 0 radical (unpaired) electrons. The smallest absolute Gasteiger partial charge is 0.0622 e. The van der Waals surface area contributed by atoms with Gasteiger partial charge in [0.25, 0.3) is 0 Å². The van der Waals surface area contributed by atoms with Crippen molar-refractivity contribution in [1.82, 2.24) is 0 Å². The van der Waals surface area contributed by atoms with E-state index in [9.17, 15) is 20.4 Å². The second-order valence-electron chi connectivity index (χ2n) is 17.2. The molecule has 0 aliphatic heterocycles. The van der Waals surface area contributed by atoms with E-state index in [4.69, 9.17) is 5.11 Å². The standard InChI is InChI=1S/C45H82O5/c1-37(2)19-14-28-42(7,47)30-16-32-44(9,49)34-18-35-45(10,50)33-17-31-43(8,48)29-15-26-40(5)24-12-22-38(3)20-11-21-39(4)23-13-25-41(6)27-36-46/h19-20,23-24,27,46-50H,11-18,21-22,25-26,28-36H2,1-10H3/b38-20-,39-23-,40-24-,41-27-/t42-,43-,44+,45-/m0/s1. The minimum Gasteiger partial charge on any atom is -0.392 e. The molecule has 0 aliphatic rings. The summed E-state index contributed by atoms with van der Waals surface area (Å²) in [5.41, 5.74) is 3.75. The van der Waals surface area contributed by atoms with Gasteiger partial charge >= 0.3 is 0 Å². The lowest BCUT2D eigenvalue weighted by Crippen LogP contribution is -2.30. The summed E-state index contributed by atoms with van der Waals surface area (Å²) < 4.78 is 0. The summed E-state index contributed by atoms with van der Waals surface area (Å²) >= 11 is 0. The van der Waals surface area contributed by atoms with Crippen LogP contribution in [-0.2, 0) is 0 Å². The van der Waals surface area contributed by atoms with Crippen LogP contribution in [0.5, 0.6) is 0 Å². The van der Waals surface area contributed by atoms with Crippen molar-refractivity contribution in [2.75, 3.05) is 6.61 Å². The van der Waals surface area contributed by atoms with E-state index in [1.54, 1.807) is 0 Å². The molecule has 0 aliphatic carbocycles. The van der Waals surface area contributed by atoms with Crippen molar-refractivity contribution in [3.8, 4) is 0 Å². The zero-order valence-corrected chi connectivity index (χ0v) is 34.5. The number of rotatable bonds is 29. The summed E-state index contributed by atoms with van der Waals surface area (Å²) in [5.74, 6) is 0. The highest BCUT2D eigenvalue weighted by atomic mass is 16.3. The van der Waals surface area contributed by atoms with Gasteiger partial charge < -0.3 is 25.5 Å². The first-order valence-corrected chi connectivity index (χ1v) is 19.9. The van der Waals surface area contributed by atoms with Gasteiger partial charge in [0.2, 0.25) is 0 Å². The van der Waals surface area contributed by atoms with E-state index in [2.05, 4.69) is 65.8 Å². The quantitative estimate of drug-likeness (QED) is 0.0500. The van der Waals surface area contributed by atoms with E-state index in [0.29, 0.717) is 38.5 Å². The molecule has 0 aromatic rings. The average molecular weight is 703 g/mol. The first-order valence-electron chi connectivity index (χ1n) is 19.9. The predicted octanol–water partition coefficient (Wildman–Crippen LogP) is 11.5. The SMILES string of the molecule is CC(C)=CCC[C@](C)(O)CCC[C@@](C)(O)CCC[C@@](C)(O)CCC[C@@](C)(O)CCC/C(C)=C\CC/C(C)=C\CC/C(C)=C\CC/C(C)=C\CO. The summed E-state index contributed by atoms with van der Waals surface area (Å²) in [6, 6.07) is 0. The third-order valence-corrected chi connectivity index (χ3v) is 10.3. The Kier molecular flexibility index (Phi) is 24.7. The zero-order chi connectivity index (χ0) is 38.3. The Morgan fingerprint density at radius 3 is 1.02 bits per heavy atom. The molecule has 0 aromatic heterocycles. The van der Waals surface area contributed by atoms with Crippen LogP contribution in [-0.4, -0.2) is 54.5 Å². The Morgan fingerprint density at radius 1 is 0.380 bits per heavy atom. The Balaban J connectivity index is 4.30. The summed E-state index contributed by atoms with van der Waals surface area (Å²) in [4.78, 5) is 0. The summed E-state index contributed by atoms with van der Waals surface area (Å²) in [6.07, 6.45) is 28.0. The largest absolute Gasteiger partial charge is 0.392 e.